The van der Waals surface area contributed by atoms with Crippen LogP contribution in [0, 0.1) is 22.9 Å². The number of anilines is 1. The average Bonchev–Trinajstić information content (AvgIpc) is 3.17. The zero-order valence-electron chi connectivity index (χ0n) is 16.6. The first-order chi connectivity index (χ1) is 15.3. The zero-order chi connectivity index (χ0) is 22.8. The lowest BCUT2D eigenvalue weighted by Crippen LogP contribution is -2.34. The van der Waals surface area contributed by atoms with Crippen molar-refractivity contribution in [2.75, 3.05) is 5.32 Å². The van der Waals surface area contributed by atoms with Crippen LogP contribution in [-0.2, 0) is 0 Å². The molecule has 0 aliphatic carbocycles. The van der Waals surface area contributed by atoms with Crippen molar-refractivity contribution >= 4 is 45.6 Å². The normalized spacial score (nSPS) is 10.7. The van der Waals surface area contributed by atoms with Crippen LogP contribution in [0.15, 0.2) is 60.7 Å². The van der Waals surface area contributed by atoms with Crippen LogP contribution < -0.4 is 10.6 Å². The number of para-hydroxylation sites is 1. The van der Waals surface area contributed by atoms with Crippen molar-refractivity contribution in [2.45, 2.75) is 6.92 Å². The highest BCUT2D eigenvalue weighted by Crippen LogP contribution is 2.23. The minimum Gasteiger partial charge on any atom is -0.332 e. The summed E-state index contributed by atoms with van der Waals surface area (Å²) in [6.45, 7) is 1.82. The van der Waals surface area contributed by atoms with Gasteiger partial charge in [0.05, 0.1) is 10.6 Å². The summed E-state index contributed by atoms with van der Waals surface area (Å²) in [6, 6.07) is 14.9. The summed E-state index contributed by atoms with van der Waals surface area (Å²) in [7, 11) is 0. The van der Waals surface area contributed by atoms with Crippen LogP contribution in [0.3, 0.4) is 0 Å². The molecule has 0 saturated carbocycles. The number of carbonyl (C=O) groups excluding carboxylic acids is 1. The number of nitro benzene ring substituents is 1. The Kier molecular flexibility index (Phi) is 5.56. The Morgan fingerprint density at radius 2 is 1.75 bits per heavy atom. The SMILES string of the molecule is Cc1cc2nn(-c3ccc(F)cc3)nc2cc1NC(=S)NC(=O)c1ccccc1[N+](=O)[O-]. The highest BCUT2D eigenvalue weighted by atomic mass is 32.1. The number of aromatic nitrogens is 3. The minimum atomic E-state index is -0.698. The van der Waals surface area contributed by atoms with Crippen LogP contribution >= 0.6 is 12.2 Å². The largest absolute Gasteiger partial charge is 0.332 e. The van der Waals surface area contributed by atoms with Crippen molar-refractivity contribution in [1.82, 2.24) is 20.3 Å². The number of rotatable bonds is 4. The minimum absolute atomic E-state index is 0.0264. The molecule has 4 rings (SSSR count). The fourth-order valence-corrected chi connectivity index (χ4v) is 3.24. The lowest BCUT2D eigenvalue weighted by molar-refractivity contribution is -0.385. The number of amides is 1. The summed E-state index contributed by atoms with van der Waals surface area (Å²) in [6.07, 6.45) is 0. The molecule has 0 aliphatic rings. The first-order valence-electron chi connectivity index (χ1n) is 9.31. The van der Waals surface area contributed by atoms with Crippen molar-refractivity contribution in [3.05, 3.63) is 87.7 Å². The number of halogens is 1. The van der Waals surface area contributed by atoms with Gasteiger partial charge in [-0.1, -0.05) is 12.1 Å². The predicted molar refractivity (Wildman–Crippen MR) is 120 cm³/mol. The molecule has 0 saturated heterocycles. The van der Waals surface area contributed by atoms with Gasteiger partial charge in [0.1, 0.15) is 22.4 Å². The maximum atomic E-state index is 13.2. The van der Waals surface area contributed by atoms with Gasteiger partial charge in [0, 0.05) is 11.8 Å². The Morgan fingerprint density at radius 1 is 1.09 bits per heavy atom. The number of nitrogens with one attached hydrogen (secondary N) is 2. The first-order valence-corrected chi connectivity index (χ1v) is 9.72. The van der Waals surface area contributed by atoms with Gasteiger partial charge in [-0.25, -0.2) is 4.39 Å². The summed E-state index contributed by atoms with van der Waals surface area (Å²) in [5.74, 6) is -1.06. The molecule has 0 atom stereocenters. The Bertz CT molecular complexity index is 1370. The molecule has 32 heavy (non-hydrogen) atoms. The molecule has 0 radical (unpaired) electrons. The fourth-order valence-electron chi connectivity index (χ4n) is 3.04. The van der Waals surface area contributed by atoms with Gasteiger partial charge in [-0.05, 0) is 67.2 Å². The van der Waals surface area contributed by atoms with Crippen molar-refractivity contribution in [1.29, 1.82) is 0 Å². The second kappa shape index (κ2) is 8.47. The van der Waals surface area contributed by atoms with Crippen molar-refractivity contribution < 1.29 is 14.1 Å². The van der Waals surface area contributed by atoms with Crippen molar-refractivity contribution in [3.63, 3.8) is 0 Å². The molecule has 1 heterocycles. The standard InChI is InChI=1S/C21H15FN6O3S/c1-12-10-17-18(26-27(25-17)14-8-6-13(22)7-9-14)11-16(12)23-21(32)24-20(29)15-4-2-3-5-19(15)28(30)31/h2-11H,1H3,(H2,23,24,29,32). The molecule has 3 aromatic carbocycles. The maximum Gasteiger partial charge on any atom is 0.282 e. The van der Waals surface area contributed by atoms with E-state index in [9.17, 15) is 19.3 Å². The predicted octanol–water partition coefficient (Wildman–Crippen LogP) is 3.90. The Labute approximate surface area is 186 Å². The summed E-state index contributed by atoms with van der Waals surface area (Å²) in [5.41, 5.74) is 2.71. The quantitative estimate of drug-likeness (QED) is 0.275. The highest BCUT2D eigenvalue weighted by Gasteiger charge is 2.20. The molecule has 0 fully saturated rings. The van der Waals surface area contributed by atoms with E-state index in [4.69, 9.17) is 12.2 Å². The molecule has 1 amide bonds. The van der Waals surface area contributed by atoms with Gasteiger partial charge in [-0.3, -0.25) is 20.2 Å². The molecule has 9 nitrogen and oxygen atoms in total. The fraction of sp³-hybridized carbons (Fsp3) is 0.0476. The van der Waals surface area contributed by atoms with Crippen LogP contribution in [0.5, 0.6) is 0 Å². The van der Waals surface area contributed by atoms with Gasteiger partial charge in [0.25, 0.3) is 11.6 Å². The maximum absolute atomic E-state index is 13.2. The van der Waals surface area contributed by atoms with E-state index in [1.165, 1.54) is 41.2 Å². The van der Waals surface area contributed by atoms with E-state index in [0.29, 0.717) is 22.4 Å². The smallest absolute Gasteiger partial charge is 0.282 e. The summed E-state index contributed by atoms with van der Waals surface area (Å²) < 4.78 is 13.2. The number of hydrogen-bond acceptors (Lipinski definition) is 6. The van der Waals surface area contributed by atoms with E-state index in [1.807, 2.05) is 6.92 Å². The second-order valence-corrected chi connectivity index (χ2v) is 7.21. The second-order valence-electron chi connectivity index (χ2n) is 6.80. The third kappa shape index (κ3) is 4.27. The van der Waals surface area contributed by atoms with Crippen LogP contribution in [0.2, 0.25) is 0 Å². The number of hydrogen-bond donors (Lipinski definition) is 2. The van der Waals surface area contributed by atoms with Crippen LogP contribution in [0.4, 0.5) is 15.8 Å². The average molecular weight is 450 g/mol. The van der Waals surface area contributed by atoms with Gasteiger partial charge in [-0.15, -0.1) is 10.2 Å². The van der Waals surface area contributed by atoms with Gasteiger partial charge >= 0.3 is 0 Å². The Morgan fingerprint density at radius 3 is 2.44 bits per heavy atom. The van der Waals surface area contributed by atoms with E-state index >= 15 is 0 Å². The number of nitrogens with zero attached hydrogens (tertiary/aromatic N) is 4. The van der Waals surface area contributed by atoms with Gasteiger partial charge in [0.15, 0.2) is 5.11 Å². The Balaban J connectivity index is 1.54. The lowest BCUT2D eigenvalue weighted by atomic mass is 10.1. The molecular weight excluding hydrogens is 435 g/mol. The van der Waals surface area contributed by atoms with E-state index < -0.39 is 10.8 Å². The third-order valence-corrected chi connectivity index (χ3v) is 4.81. The topological polar surface area (TPSA) is 115 Å². The number of fused-ring (bicyclic) bond motifs is 1. The molecule has 11 heteroatoms. The lowest BCUT2D eigenvalue weighted by Gasteiger charge is -2.11. The summed E-state index contributed by atoms with van der Waals surface area (Å²) >= 11 is 5.21. The summed E-state index contributed by atoms with van der Waals surface area (Å²) in [4.78, 5) is 24.4. The van der Waals surface area contributed by atoms with Crippen LogP contribution in [0.1, 0.15) is 15.9 Å². The molecule has 4 aromatic rings. The van der Waals surface area contributed by atoms with E-state index in [1.54, 1.807) is 24.3 Å². The van der Waals surface area contributed by atoms with Crippen LogP contribution in [0.25, 0.3) is 16.7 Å². The number of aryl methyl sites for hydroxylation is 1. The zero-order valence-corrected chi connectivity index (χ0v) is 17.4. The van der Waals surface area contributed by atoms with Gasteiger partial charge in [-0.2, -0.15) is 4.80 Å². The molecule has 0 bridgehead atoms. The van der Waals surface area contributed by atoms with Gasteiger partial charge < -0.3 is 5.32 Å². The number of nitro groups is 1. The summed E-state index contributed by atoms with van der Waals surface area (Å²) in [5, 5.41) is 25.3. The number of thiocarbonyl (C=S) groups is 1. The first kappa shape index (κ1) is 21.0. The van der Waals surface area contributed by atoms with Crippen molar-refractivity contribution in [2.24, 2.45) is 0 Å². The monoisotopic (exact) mass is 450 g/mol. The third-order valence-electron chi connectivity index (χ3n) is 4.60. The van der Waals surface area contributed by atoms with E-state index in [2.05, 4.69) is 20.8 Å². The highest BCUT2D eigenvalue weighted by molar-refractivity contribution is 7.80. The van der Waals surface area contributed by atoms with E-state index in [0.717, 1.165) is 5.56 Å². The molecule has 2 N–H and O–H groups in total. The molecule has 0 unspecified atom stereocenters. The van der Waals surface area contributed by atoms with Gasteiger partial charge in [0.2, 0.25) is 0 Å². The Hall–Kier alpha value is -4.25. The molecule has 160 valence electrons. The van der Waals surface area contributed by atoms with Crippen molar-refractivity contribution in [3.8, 4) is 5.69 Å². The number of carbonyl (C=O) groups is 1. The van der Waals surface area contributed by atoms with E-state index in [-0.39, 0.29) is 22.2 Å². The van der Waals surface area contributed by atoms with Crippen LogP contribution in [-0.4, -0.2) is 30.9 Å². The molecule has 1 aromatic heterocycles. The number of benzene rings is 3. The molecular formula is C21H15FN6O3S. The molecule has 0 aliphatic heterocycles. The molecule has 0 spiro atoms.